The summed E-state index contributed by atoms with van der Waals surface area (Å²) in [5.74, 6) is -0.601. The second kappa shape index (κ2) is 6.84. The van der Waals surface area contributed by atoms with Crippen LogP contribution in [0.3, 0.4) is 0 Å². The second-order valence-electron chi connectivity index (χ2n) is 2.62. The molecule has 0 heterocycles. The van der Waals surface area contributed by atoms with E-state index in [1.165, 1.54) is 0 Å². The van der Waals surface area contributed by atoms with E-state index in [2.05, 4.69) is 26.4 Å². The van der Waals surface area contributed by atoms with Gasteiger partial charge >= 0.3 is 5.97 Å². The number of carboxylic acid groups (broad SMARTS) is 1. The molecule has 0 atom stereocenters. The van der Waals surface area contributed by atoms with E-state index in [0.29, 0.717) is 5.96 Å². The summed E-state index contributed by atoms with van der Waals surface area (Å²) >= 11 is 0. The van der Waals surface area contributed by atoms with E-state index in [1.807, 2.05) is 13.8 Å². The molecule has 0 aliphatic rings. The van der Waals surface area contributed by atoms with Gasteiger partial charge in [0.25, 0.3) is 0 Å². The van der Waals surface area contributed by atoms with Crippen LogP contribution in [0, 0.1) is 0 Å². The van der Waals surface area contributed by atoms with Crippen LogP contribution in [-0.4, -0.2) is 36.3 Å². The second-order valence-corrected chi connectivity index (χ2v) is 2.62. The van der Waals surface area contributed by atoms with Gasteiger partial charge in [-0.3, -0.25) is 10.2 Å². The summed E-state index contributed by atoms with van der Waals surface area (Å²) < 4.78 is 0. The van der Waals surface area contributed by atoms with Crippen molar-refractivity contribution in [3.63, 3.8) is 0 Å². The molecule has 0 fully saturated rings. The van der Waals surface area contributed by atoms with Crippen LogP contribution in [0.1, 0.15) is 13.8 Å². The quantitative estimate of drug-likeness (QED) is 0.269. The number of guanidine groups is 1. The third kappa shape index (κ3) is 7.04. The SMILES string of the molecule is CN/C(=N\N=C(C)C)NNCC(=O)O. The van der Waals surface area contributed by atoms with Crippen molar-refractivity contribution in [1.29, 1.82) is 0 Å². The molecule has 0 rings (SSSR count). The van der Waals surface area contributed by atoms with E-state index >= 15 is 0 Å². The molecule has 4 N–H and O–H groups in total. The van der Waals surface area contributed by atoms with Crippen molar-refractivity contribution in [3.05, 3.63) is 0 Å². The number of aliphatic carboxylic acids is 1. The van der Waals surface area contributed by atoms with Gasteiger partial charge in [-0.2, -0.15) is 5.10 Å². The third-order valence-corrected chi connectivity index (χ3v) is 1.03. The van der Waals surface area contributed by atoms with Crippen LogP contribution in [0.25, 0.3) is 0 Å². The van der Waals surface area contributed by atoms with Gasteiger partial charge in [-0.25, -0.2) is 5.43 Å². The van der Waals surface area contributed by atoms with E-state index in [4.69, 9.17) is 5.11 Å². The van der Waals surface area contributed by atoms with Crippen LogP contribution in [0.15, 0.2) is 10.2 Å². The fraction of sp³-hybridized carbons (Fsp3) is 0.571. The maximum atomic E-state index is 10.1. The number of hydrogen-bond donors (Lipinski definition) is 4. The Bertz CT molecular complexity index is 244. The Morgan fingerprint density at radius 1 is 1.36 bits per heavy atom. The maximum Gasteiger partial charge on any atom is 0.319 e. The Hall–Kier alpha value is -1.63. The topological polar surface area (TPSA) is 98.1 Å². The fourth-order valence-electron chi connectivity index (χ4n) is 0.491. The predicted molar refractivity (Wildman–Crippen MR) is 54.1 cm³/mol. The predicted octanol–water partition coefficient (Wildman–Crippen LogP) is -0.864. The van der Waals surface area contributed by atoms with Crippen LogP contribution in [-0.2, 0) is 4.79 Å². The molecule has 0 aromatic carbocycles. The summed E-state index contributed by atoms with van der Waals surface area (Å²) in [5, 5.41) is 18.6. The smallest absolute Gasteiger partial charge is 0.319 e. The van der Waals surface area contributed by atoms with Crippen LogP contribution in [0.2, 0.25) is 0 Å². The number of hydrogen-bond acceptors (Lipinski definition) is 4. The Balaban J connectivity index is 3.97. The van der Waals surface area contributed by atoms with Gasteiger partial charge in [0.2, 0.25) is 5.96 Å². The van der Waals surface area contributed by atoms with Gasteiger partial charge in [-0.1, -0.05) is 0 Å². The Morgan fingerprint density at radius 2 is 2.00 bits per heavy atom. The first-order valence-corrected chi connectivity index (χ1v) is 4.03. The average molecular weight is 201 g/mol. The molecule has 14 heavy (non-hydrogen) atoms. The highest BCUT2D eigenvalue weighted by atomic mass is 16.4. The molecule has 0 aliphatic heterocycles. The number of carboxylic acids is 1. The lowest BCUT2D eigenvalue weighted by atomic mass is 10.5. The summed E-state index contributed by atoms with van der Waals surface area (Å²) in [7, 11) is 1.65. The van der Waals surface area contributed by atoms with Gasteiger partial charge in [-0.15, -0.1) is 5.10 Å². The summed E-state index contributed by atoms with van der Waals surface area (Å²) in [5.41, 5.74) is 5.81. The average Bonchev–Trinajstić information content (AvgIpc) is 2.10. The summed E-state index contributed by atoms with van der Waals surface area (Å²) in [6.07, 6.45) is 0. The largest absolute Gasteiger partial charge is 0.480 e. The number of hydrazine groups is 1. The molecule has 0 amide bonds. The van der Waals surface area contributed by atoms with Crippen molar-refractivity contribution in [3.8, 4) is 0 Å². The molecule has 0 radical (unpaired) electrons. The first-order valence-electron chi connectivity index (χ1n) is 4.03. The molecule has 80 valence electrons. The minimum absolute atomic E-state index is 0.199. The van der Waals surface area contributed by atoms with Crippen molar-refractivity contribution in [2.24, 2.45) is 10.2 Å². The fourth-order valence-corrected chi connectivity index (χ4v) is 0.491. The molecule has 0 aromatic rings. The monoisotopic (exact) mass is 201 g/mol. The van der Waals surface area contributed by atoms with Gasteiger partial charge in [0.05, 0.1) is 0 Å². The van der Waals surface area contributed by atoms with Crippen molar-refractivity contribution in [2.45, 2.75) is 13.8 Å². The molecule has 7 nitrogen and oxygen atoms in total. The molecule has 0 unspecified atom stereocenters. The van der Waals surface area contributed by atoms with Crippen LogP contribution in [0.5, 0.6) is 0 Å². The Kier molecular flexibility index (Phi) is 6.04. The summed E-state index contributed by atoms with van der Waals surface area (Å²) in [6, 6.07) is 0. The van der Waals surface area contributed by atoms with Gasteiger partial charge in [-0.05, 0) is 13.8 Å². The van der Waals surface area contributed by atoms with Crippen LogP contribution in [0.4, 0.5) is 0 Å². The molecule has 0 saturated carbocycles. The minimum atomic E-state index is -0.955. The molecule has 0 aliphatic carbocycles. The van der Waals surface area contributed by atoms with Crippen LogP contribution >= 0.6 is 0 Å². The van der Waals surface area contributed by atoms with Gasteiger partial charge in [0.15, 0.2) is 0 Å². The van der Waals surface area contributed by atoms with Crippen molar-refractivity contribution in [1.82, 2.24) is 16.2 Å². The minimum Gasteiger partial charge on any atom is -0.480 e. The Morgan fingerprint density at radius 3 is 2.43 bits per heavy atom. The lowest BCUT2D eigenvalue weighted by molar-refractivity contribution is -0.136. The number of rotatable bonds is 4. The first kappa shape index (κ1) is 12.4. The summed E-state index contributed by atoms with van der Waals surface area (Å²) in [4.78, 5) is 10.1. The van der Waals surface area contributed by atoms with Crippen molar-refractivity contribution in [2.75, 3.05) is 13.6 Å². The molecular formula is C7H15N5O2. The number of nitrogens with one attached hydrogen (secondary N) is 3. The van der Waals surface area contributed by atoms with Gasteiger partial charge in [0, 0.05) is 12.8 Å². The molecule has 7 heteroatoms. The highest BCUT2D eigenvalue weighted by Crippen LogP contribution is 1.76. The van der Waals surface area contributed by atoms with E-state index in [9.17, 15) is 4.79 Å². The third-order valence-electron chi connectivity index (χ3n) is 1.03. The van der Waals surface area contributed by atoms with Crippen molar-refractivity contribution >= 4 is 17.6 Å². The lowest BCUT2D eigenvalue weighted by Crippen LogP contribution is -2.45. The van der Waals surface area contributed by atoms with E-state index in [0.717, 1.165) is 5.71 Å². The zero-order valence-electron chi connectivity index (χ0n) is 8.46. The van der Waals surface area contributed by atoms with Crippen molar-refractivity contribution < 1.29 is 9.90 Å². The Labute approximate surface area is 82.3 Å². The number of nitrogens with zero attached hydrogens (tertiary/aromatic N) is 2. The molecule has 0 aromatic heterocycles. The standard InChI is InChI=1S/C7H15N5O2/c1-5(2)10-12-7(8-3)11-9-4-6(13)14/h9H,4H2,1-3H3,(H,13,14)(H2,8,11,12). The van der Waals surface area contributed by atoms with Gasteiger partial charge in [0.1, 0.15) is 6.54 Å². The zero-order valence-corrected chi connectivity index (χ0v) is 8.46. The molecule has 0 spiro atoms. The molecule has 0 bridgehead atoms. The van der Waals surface area contributed by atoms with E-state index < -0.39 is 5.97 Å². The molecule has 0 saturated heterocycles. The van der Waals surface area contributed by atoms with E-state index in [-0.39, 0.29) is 6.54 Å². The highest BCUT2D eigenvalue weighted by molar-refractivity contribution is 5.82. The lowest BCUT2D eigenvalue weighted by Gasteiger charge is -2.06. The molecular weight excluding hydrogens is 186 g/mol. The van der Waals surface area contributed by atoms with Gasteiger partial charge < -0.3 is 10.4 Å². The first-order chi connectivity index (χ1) is 6.56. The highest BCUT2D eigenvalue weighted by Gasteiger charge is 1.96. The summed E-state index contributed by atoms with van der Waals surface area (Å²) in [6.45, 7) is 3.42. The van der Waals surface area contributed by atoms with Crippen LogP contribution < -0.4 is 16.2 Å². The number of carbonyl (C=O) groups is 1. The normalized spacial score (nSPS) is 10.6. The zero-order chi connectivity index (χ0) is 11.0. The van der Waals surface area contributed by atoms with E-state index in [1.54, 1.807) is 7.05 Å². The maximum absolute atomic E-state index is 10.1.